The number of benzene rings is 1. The quantitative estimate of drug-likeness (QED) is 0.828. The fraction of sp³-hybridized carbons (Fsp3) is 0.474. The number of ether oxygens (including phenoxy) is 1. The molecule has 3 heterocycles. The lowest BCUT2D eigenvalue weighted by Gasteiger charge is -2.38. The number of nitriles is 1. The van der Waals surface area contributed by atoms with Crippen molar-refractivity contribution in [2.75, 3.05) is 19.8 Å². The smallest absolute Gasteiger partial charge is 0.243 e. The van der Waals surface area contributed by atoms with Gasteiger partial charge in [0, 0.05) is 25.3 Å². The summed E-state index contributed by atoms with van der Waals surface area (Å²) >= 11 is 0. The minimum atomic E-state index is -0.970. The molecule has 2 aromatic rings. The van der Waals surface area contributed by atoms with E-state index in [1.54, 1.807) is 4.90 Å². The van der Waals surface area contributed by atoms with Gasteiger partial charge in [-0.05, 0) is 19.8 Å². The molecule has 0 radical (unpaired) electrons. The van der Waals surface area contributed by atoms with E-state index in [4.69, 9.17) is 4.74 Å². The second kappa shape index (κ2) is 6.54. The lowest BCUT2D eigenvalue weighted by molar-refractivity contribution is -0.145. The molecule has 1 atom stereocenters. The minimum Gasteiger partial charge on any atom is -0.381 e. The maximum atomic E-state index is 13.1. The number of hydrogen-bond acceptors (Lipinski definition) is 5. The first-order valence-electron chi connectivity index (χ1n) is 8.92. The summed E-state index contributed by atoms with van der Waals surface area (Å²) in [5, 5.41) is 18.3. The fourth-order valence-electron chi connectivity index (χ4n) is 3.87. The summed E-state index contributed by atoms with van der Waals surface area (Å²) in [7, 11) is 0. The zero-order valence-corrected chi connectivity index (χ0v) is 14.8. The second-order valence-corrected chi connectivity index (χ2v) is 7.02. The number of carbonyl (C=O) groups is 1. The molecule has 2 aliphatic rings. The van der Waals surface area contributed by atoms with E-state index >= 15 is 0 Å². The molecular weight excluding hydrogens is 330 g/mol. The van der Waals surface area contributed by atoms with Crippen LogP contribution in [0.25, 0.3) is 11.4 Å². The first kappa shape index (κ1) is 16.7. The summed E-state index contributed by atoms with van der Waals surface area (Å²) in [5.41, 5.74) is 0.0402. The lowest BCUT2D eigenvalue weighted by atomic mass is 9.80. The maximum Gasteiger partial charge on any atom is 0.243 e. The van der Waals surface area contributed by atoms with E-state index in [0.29, 0.717) is 39.1 Å². The van der Waals surface area contributed by atoms with E-state index in [0.717, 1.165) is 17.2 Å². The molecule has 26 heavy (non-hydrogen) atoms. The van der Waals surface area contributed by atoms with Gasteiger partial charge in [0.05, 0.1) is 18.7 Å². The van der Waals surface area contributed by atoms with Gasteiger partial charge in [0.2, 0.25) is 5.91 Å². The monoisotopic (exact) mass is 351 g/mol. The highest BCUT2D eigenvalue weighted by Crippen LogP contribution is 2.35. The molecule has 0 aliphatic carbocycles. The van der Waals surface area contributed by atoms with Crippen molar-refractivity contribution in [2.24, 2.45) is 5.41 Å². The van der Waals surface area contributed by atoms with E-state index in [9.17, 15) is 10.1 Å². The summed E-state index contributed by atoms with van der Waals surface area (Å²) in [6.07, 6.45) is 0.907. The molecule has 7 nitrogen and oxygen atoms in total. The third kappa shape index (κ3) is 2.67. The SMILES string of the molecule is C[C@H]1CN(C(=O)C2(C#N)CCOCC2)Cc2nnc(-c3ccccc3)n21. The number of carbonyl (C=O) groups excluding carboxylic acids is 1. The predicted molar refractivity (Wildman–Crippen MR) is 93.7 cm³/mol. The van der Waals surface area contributed by atoms with E-state index in [1.807, 2.05) is 30.3 Å². The molecule has 4 rings (SSSR count). The van der Waals surface area contributed by atoms with Crippen LogP contribution in [0.15, 0.2) is 30.3 Å². The van der Waals surface area contributed by atoms with Crippen LogP contribution in [-0.2, 0) is 16.1 Å². The number of rotatable bonds is 2. The molecule has 0 bridgehead atoms. The van der Waals surface area contributed by atoms with E-state index in [2.05, 4.69) is 27.8 Å². The van der Waals surface area contributed by atoms with Gasteiger partial charge < -0.3 is 14.2 Å². The number of amides is 1. The van der Waals surface area contributed by atoms with E-state index in [1.165, 1.54) is 0 Å². The number of hydrogen-bond donors (Lipinski definition) is 0. The molecule has 0 saturated carbocycles. The van der Waals surface area contributed by atoms with Crippen LogP contribution in [0.4, 0.5) is 0 Å². The van der Waals surface area contributed by atoms with Gasteiger partial charge in [0.1, 0.15) is 5.41 Å². The first-order chi connectivity index (χ1) is 12.6. The van der Waals surface area contributed by atoms with Crippen molar-refractivity contribution in [3.8, 4) is 17.5 Å². The molecule has 2 aliphatic heterocycles. The summed E-state index contributed by atoms with van der Waals surface area (Å²) in [6.45, 7) is 3.90. The van der Waals surface area contributed by atoms with Crippen molar-refractivity contribution in [3.63, 3.8) is 0 Å². The number of nitrogens with zero attached hydrogens (tertiary/aromatic N) is 5. The number of fused-ring (bicyclic) bond motifs is 1. The van der Waals surface area contributed by atoms with Gasteiger partial charge in [-0.25, -0.2) is 0 Å². The minimum absolute atomic E-state index is 0.0449. The van der Waals surface area contributed by atoms with Gasteiger partial charge in [-0.2, -0.15) is 5.26 Å². The third-order valence-corrected chi connectivity index (χ3v) is 5.31. The molecule has 134 valence electrons. The van der Waals surface area contributed by atoms with Crippen LogP contribution < -0.4 is 0 Å². The zero-order chi connectivity index (χ0) is 18.1. The summed E-state index contributed by atoms with van der Waals surface area (Å²) in [4.78, 5) is 14.9. The van der Waals surface area contributed by atoms with E-state index in [-0.39, 0.29) is 11.9 Å². The van der Waals surface area contributed by atoms with Crippen LogP contribution in [0.1, 0.15) is 31.6 Å². The highest BCUT2D eigenvalue weighted by atomic mass is 16.5. The maximum absolute atomic E-state index is 13.1. The Morgan fingerprint density at radius 1 is 1.27 bits per heavy atom. The van der Waals surface area contributed by atoms with Crippen molar-refractivity contribution in [1.82, 2.24) is 19.7 Å². The van der Waals surface area contributed by atoms with Gasteiger partial charge >= 0.3 is 0 Å². The Balaban J connectivity index is 1.62. The van der Waals surface area contributed by atoms with Gasteiger partial charge in [-0.15, -0.1) is 10.2 Å². The van der Waals surface area contributed by atoms with Gasteiger partial charge in [-0.1, -0.05) is 30.3 Å². The summed E-state index contributed by atoms with van der Waals surface area (Å²) < 4.78 is 7.44. The van der Waals surface area contributed by atoms with Crippen molar-refractivity contribution in [1.29, 1.82) is 5.26 Å². The molecular formula is C19H21N5O2. The summed E-state index contributed by atoms with van der Waals surface area (Å²) in [5.74, 6) is 1.48. The Hall–Kier alpha value is -2.72. The Kier molecular flexibility index (Phi) is 4.21. The van der Waals surface area contributed by atoms with E-state index < -0.39 is 5.41 Å². The van der Waals surface area contributed by atoms with Crippen LogP contribution in [0.2, 0.25) is 0 Å². The normalized spacial score (nSPS) is 21.7. The zero-order valence-electron chi connectivity index (χ0n) is 14.8. The Bertz CT molecular complexity index is 849. The van der Waals surface area contributed by atoms with Crippen LogP contribution in [0.5, 0.6) is 0 Å². The fourth-order valence-corrected chi connectivity index (χ4v) is 3.87. The molecule has 1 amide bonds. The highest BCUT2D eigenvalue weighted by molar-refractivity contribution is 5.85. The van der Waals surface area contributed by atoms with Crippen molar-refractivity contribution in [3.05, 3.63) is 36.2 Å². The van der Waals surface area contributed by atoms with Gasteiger partial charge in [-0.3, -0.25) is 4.79 Å². The Labute approximate surface area is 152 Å². The largest absolute Gasteiger partial charge is 0.381 e. The topological polar surface area (TPSA) is 84.0 Å². The van der Waals surface area contributed by atoms with Crippen molar-refractivity contribution in [2.45, 2.75) is 32.4 Å². The van der Waals surface area contributed by atoms with Gasteiger partial charge in [0.15, 0.2) is 11.6 Å². The molecule has 0 spiro atoms. The standard InChI is InChI=1S/C19H21N5O2/c1-14-11-23(18(25)19(13-20)7-9-26-10-8-19)12-16-21-22-17(24(14)16)15-5-3-2-4-6-15/h2-6,14H,7-12H2,1H3/t14-/m0/s1. The van der Waals surface area contributed by atoms with Gasteiger partial charge in [0.25, 0.3) is 0 Å². The Morgan fingerprint density at radius 3 is 2.69 bits per heavy atom. The highest BCUT2D eigenvalue weighted by Gasteiger charge is 2.44. The van der Waals surface area contributed by atoms with Crippen LogP contribution in [-0.4, -0.2) is 45.3 Å². The number of aromatic nitrogens is 3. The molecule has 1 aromatic heterocycles. The molecule has 0 unspecified atom stereocenters. The first-order valence-corrected chi connectivity index (χ1v) is 8.92. The van der Waals surface area contributed by atoms with Crippen LogP contribution in [0.3, 0.4) is 0 Å². The van der Waals surface area contributed by atoms with Crippen molar-refractivity contribution < 1.29 is 9.53 Å². The molecule has 1 aromatic carbocycles. The predicted octanol–water partition coefficient (Wildman–Crippen LogP) is 2.17. The average molecular weight is 351 g/mol. The average Bonchev–Trinajstić information content (AvgIpc) is 3.13. The molecule has 1 saturated heterocycles. The van der Waals surface area contributed by atoms with Crippen LogP contribution >= 0.6 is 0 Å². The second-order valence-electron chi connectivity index (χ2n) is 7.02. The molecule has 0 N–H and O–H groups in total. The van der Waals surface area contributed by atoms with Crippen LogP contribution in [0, 0.1) is 16.7 Å². The molecule has 1 fully saturated rings. The Morgan fingerprint density at radius 2 is 2.00 bits per heavy atom. The summed E-state index contributed by atoms with van der Waals surface area (Å²) in [6, 6.07) is 12.2. The third-order valence-electron chi connectivity index (χ3n) is 5.31. The lowest BCUT2D eigenvalue weighted by Crippen LogP contribution is -2.49. The molecule has 7 heteroatoms. The van der Waals surface area contributed by atoms with Crippen molar-refractivity contribution >= 4 is 5.91 Å².